The van der Waals surface area contributed by atoms with Gasteiger partial charge in [-0.25, -0.2) is 15.2 Å². The number of urea groups is 1. The first kappa shape index (κ1) is 17.5. The van der Waals surface area contributed by atoms with Crippen molar-refractivity contribution in [3.05, 3.63) is 42.5 Å². The van der Waals surface area contributed by atoms with Crippen molar-refractivity contribution in [1.82, 2.24) is 20.1 Å². The van der Waals surface area contributed by atoms with Crippen molar-refractivity contribution in [2.24, 2.45) is 10.1 Å². The van der Waals surface area contributed by atoms with Gasteiger partial charge >= 0.3 is 6.03 Å². The maximum absolute atomic E-state index is 12.7. The molecule has 2 N–H and O–H groups in total. The number of benzene rings is 1. The normalized spacial score (nSPS) is 22.7. The molecule has 0 saturated carbocycles. The Balaban J connectivity index is 1.76. The number of carbonyl (C=O) groups excluding carboxylic acids is 2. The number of rotatable bonds is 4. The van der Waals surface area contributed by atoms with Crippen LogP contribution in [0, 0.1) is 0 Å². The van der Waals surface area contributed by atoms with E-state index >= 15 is 0 Å². The molecule has 0 spiro atoms. The Bertz CT molecular complexity index is 805. The van der Waals surface area contributed by atoms with Gasteiger partial charge in [0, 0.05) is 20.6 Å². The fourth-order valence-corrected chi connectivity index (χ4v) is 2.94. The highest BCUT2D eigenvalue weighted by Gasteiger charge is 2.50. The fraction of sp³-hybridized carbons (Fsp3) is 0.294. The molecule has 0 bridgehead atoms. The van der Waals surface area contributed by atoms with E-state index in [1.54, 1.807) is 43.3 Å². The van der Waals surface area contributed by atoms with E-state index in [2.05, 4.69) is 22.1 Å². The Kier molecular flexibility index (Phi) is 4.61. The van der Waals surface area contributed by atoms with Crippen LogP contribution in [-0.4, -0.2) is 76.8 Å². The molecular weight excluding hydrogens is 336 g/mol. The maximum Gasteiger partial charge on any atom is 0.328 e. The van der Waals surface area contributed by atoms with E-state index in [1.807, 2.05) is 0 Å². The molecule has 136 valence electrons. The number of hydrogen-bond acceptors (Lipinski definition) is 7. The Morgan fingerprint density at radius 1 is 1.35 bits per heavy atom. The summed E-state index contributed by atoms with van der Waals surface area (Å²) in [4.78, 5) is 33.7. The third kappa shape index (κ3) is 2.99. The van der Waals surface area contributed by atoms with Crippen LogP contribution in [-0.2, 0) is 4.79 Å². The highest BCUT2D eigenvalue weighted by molar-refractivity contribution is 6.03. The van der Waals surface area contributed by atoms with Gasteiger partial charge in [0.25, 0.3) is 5.91 Å². The molecule has 1 aromatic rings. The van der Waals surface area contributed by atoms with Gasteiger partial charge in [0.2, 0.25) is 5.96 Å². The average Bonchev–Trinajstić information content (AvgIpc) is 2.94. The number of guanidine groups is 1. The monoisotopic (exact) mass is 356 g/mol. The molecule has 1 aromatic carbocycles. The van der Waals surface area contributed by atoms with Crippen LogP contribution in [0.4, 0.5) is 4.79 Å². The highest BCUT2D eigenvalue weighted by Crippen LogP contribution is 2.25. The second-order valence-electron chi connectivity index (χ2n) is 6.02. The standard InChI is InChI=1S/C17H20N6O3/c1-4-8-23-15(25)13-14(22(3)17(23)26)19-16(21(13)2)20-18-10-11-6-5-7-12(24)9-11/h4-7,9-10,13-14,24H,1,8H2,2-3H3,(H,19,20)/b18-10+. The van der Waals surface area contributed by atoms with Gasteiger partial charge in [-0.3, -0.25) is 9.69 Å². The summed E-state index contributed by atoms with van der Waals surface area (Å²) in [5, 5.41) is 13.6. The second-order valence-corrected chi connectivity index (χ2v) is 6.02. The minimum atomic E-state index is -0.615. The van der Waals surface area contributed by atoms with Crippen LogP contribution in [0.25, 0.3) is 0 Å². The lowest BCUT2D eigenvalue weighted by Crippen LogP contribution is -2.64. The van der Waals surface area contributed by atoms with Gasteiger partial charge in [-0.05, 0) is 17.7 Å². The van der Waals surface area contributed by atoms with Crippen molar-refractivity contribution in [2.75, 3.05) is 20.6 Å². The number of carbonyl (C=O) groups is 2. The summed E-state index contributed by atoms with van der Waals surface area (Å²) >= 11 is 0. The summed E-state index contributed by atoms with van der Waals surface area (Å²) in [7, 11) is 3.33. The number of phenolic OH excluding ortho intramolecular Hbond substituents is 1. The van der Waals surface area contributed by atoms with Crippen LogP contribution in [0.2, 0.25) is 0 Å². The molecule has 0 radical (unpaired) electrons. The predicted octanol–water partition coefficient (Wildman–Crippen LogP) is 0.392. The smallest absolute Gasteiger partial charge is 0.328 e. The van der Waals surface area contributed by atoms with Crippen LogP contribution < -0.4 is 5.43 Å². The summed E-state index contributed by atoms with van der Waals surface area (Å²) in [6.07, 6.45) is 2.43. The van der Waals surface area contributed by atoms with Gasteiger partial charge in [0.15, 0.2) is 12.2 Å². The third-order valence-electron chi connectivity index (χ3n) is 4.30. The number of hydrogen-bond donors (Lipinski definition) is 2. The van der Waals surface area contributed by atoms with Crippen molar-refractivity contribution in [1.29, 1.82) is 0 Å². The molecule has 9 heteroatoms. The number of nitrogens with zero attached hydrogens (tertiary/aromatic N) is 5. The Labute approximate surface area is 150 Å². The van der Waals surface area contributed by atoms with Gasteiger partial charge in [-0.1, -0.05) is 18.2 Å². The van der Waals surface area contributed by atoms with E-state index in [4.69, 9.17) is 0 Å². The number of nitrogens with one attached hydrogen (secondary N) is 1. The molecule has 1 saturated heterocycles. The molecule has 2 aliphatic rings. The zero-order chi connectivity index (χ0) is 18.8. The van der Waals surface area contributed by atoms with Crippen molar-refractivity contribution < 1.29 is 14.7 Å². The number of aromatic hydroxyl groups is 1. The minimum absolute atomic E-state index is 0.142. The molecule has 2 unspecified atom stereocenters. The quantitative estimate of drug-likeness (QED) is 0.462. The van der Waals surface area contributed by atoms with E-state index in [9.17, 15) is 14.7 Å². The largest absolute Gasteiger partial charge is 0.508 e. The number of hydrazone groups is 1. The van der Waals surface area contributed by atoms with Crippen molar-refractivity contribution >= 4 is 24.1 Å². The fourth-order valence-electron chi connectivity index (χ4n) is 2.94. The lowest BCUT2D eigenvalue weighted by atomic mass is 10.1. The van der Waals surface area contributed by atoms with Crippen LogP contribution in [0.1, 0.15) is 5.56 Å². The molecule has 26 heavy (non-hydrogen) atoms. The lowest BCUT2D eigenvalue weighted by Gasteiger charge is -2.39. The summed E-state index contributed by atoms with van der Waals surface area (Å²) in [6.45, 7) is 3.74. The lowest BCUT2D eigenvalue weighted by molar-refractivity contribution is -0.136. The summed E-state index contributed by atoms with van der Waals surface area (Å²) < 4.78 is 0. The first-order valence-electron chi connectivity index (χ1n) is 8.02. The maximum atomic E-state index is 12.7. The Morgan fingerprint density at radius 3 is 2.81 bits per heavy atom. The van der Waals surface area contributed by atoms with Gasteiger partial charge < -0.3 is 14.9 Å². The summed E-state index contributed by atoms with van der Waals surface area (Å²) in [5.41, 5.74) is 3.50. The van der Waals surface area contributed by atoms with Gasteiger partial charge in [-0.15, -0.1) is 6.58 Å². The molecule has 0 aromatic heterocycles. The number of phenols is 1. The Hall–Kier alpha value is -3.36. The van der Waals surface area contributed by atoms with Crippen molar-refractivity contribution in [3.8, 4) is 5.75 Å². The van der Waals surface area contributed by atoms with E-state index in [0.29, 0.717) is 11.5 Å². The zero-order valence-corrected chi connectivity index (χ0v) is 14.5. The summed E-state index contributed by atoms with van der Waals surface area (Å²) in [5.74, 6) is 0.200. The topological polar surface area (TPSA) is 101 Å². The first-order chi connectivity index (χ1) is 12.4. The Morgan fingerprint density at radius 2 is 2.12 bits per heavy atom. The van der Waals surface area contributed by atoms with Gasteiger partial charge in [-0.2, -0.15) is 5.10 Å². The average molecular weight is 356 g/mol. The number of amides is 3. The van der Waals surface area contributed by atoms with Crippen LogP contribution in [0.3, 0.4) is 0 Å². The van der Waals surface area contributed by atoms with E-state index in [0.717, 1.165) is 4.90 Å². The van der Waals surface area contributed by atoms with Crippen LogP contribution in [0.5, 0.6) is 5.75 Å². The first-order valence-corrected chi connectivity index (χ1v) is 8.02. The van der Waals surface area contributed by atoms with Crippen molar-refractivity contribution in [2.45, 2.75) is 12.2 Å². The van der Waals surface area contributed by atoms with Gasteiger partial charge in [0.1, 0.15) is 5.75 Å². The summed E-state index contributed by atoms with van der Waals surface area (Å²) in [6, 6.07) is 5.60. The van der Waals surface area contributed by atoms with Gasteiger partial charge in [0.05, 0.1) is 6.21 Å². The minimum Gasteiger partial charge on any atom is -0.508 e. The molecule has 2 heterocycles. The SMILES string of the molecule is C=CCN1C(=O)C2C(N=C(N/N=C/c3cccc(O)c3)N2C)N(C)C1=O. The van der Waals surface area contributed by atoms with Crippen molar-refractivity contribution in [3.63, 3.8) is 0 Å². The zero-order valence-electron chi connectivity index (χ0n) is 14.5. The van der Waals surface area contributed by atoms with E-state index in [1.165, 1.54) is 17.2 Å². The predicted molar refractivity (Wildman–Crippen MR) is 96.7 cm³/mol. The molecule has 3 amide bonds. The number of likely N-dealkylation sites (N-methyl/N-ethyl adjacent to an activating group) is 2. The molecule has 3 rings (SSSR count). The van der Waals surface area contributed by atoms with Crippen LogP contribution >= 0.6 is 0 Å². The molecule has 9 nitrogen and oxygen atoms in total. The molecular formula is C17H20N6O3. The third-order valence-corrected chi connectivity index (χ3v) is 4.30. The molecule has 0 aliphatic carbocycles. The molecule has 2 aliphatic heterocycles. The molecule has 1 fully saturated rings. The second kappa shape index (κ2) is 6.87. The number of aliphatic imine (C=N–C) groups is 1. The number of fused-ring (bicyclic) bond motifs is 1. The van der Waals surface area contributed by atoms with E-state index in [-0.39, 0.29) is 18.2 Å². The van der Waals surface area contributed by atoms with Crippen LogP contribution in [0.15, 0.2) is 47.0 Å². The molecule has 2 atom stereocenters. The van der Waals surface area contributed by atoms with E-state index < -0.39 is 18.2 Å². The highest BCUT2D eigenvalue weighted by atomic mass is 16.3. The number of imide groups is 1.